The molecule has 1 rings (SSSR count). The van der Waals surface area contributed by atoms with Gasteiger partial charge < -0.3 is 0 Å². The summed E-state index contributed by atoms with van der Waals surface area (Å²) in [6.07, 6.45) is 5.94. The fourth-order valence-electron chi connectivity index (χ4n) is 2.10. The first-order valence-electron chi connectivity index (χ1n) is 5.70. The highest BCUT2D eigenvalue weighted by Gasteiger charge is 2.31. The molecule has 0 amide bonds. The lowest BCUT2D eigenvalue weighted by Crippen LogP contribution is -2.26. The molecular formula is C14H22O. The van der Waals surface area contributed by atoms with E-state index in [0.29, 0.717) is 5.41 Å². The Kier molecular flexibility index (Phi) is 3.54. The topological polar surface area (TPSA) is 17.1 Å². The highest BCUT2D eigenvalue weighted by molar-refractivity contribution is 5.87. The molecule has 0 aromatic heterocycles. The maximum atomic E-state index is 10.9. The Balaban J connectivity index is 2.89. The summed E-state index contributed by atoms with van der Waals surface area (Å²) in [5, 5.41) is 0. The molecule has 0 saturated heterocycles. The zero-order valence-corrected chi connectivity index (χ0v) is 10.6. The molecule has 0 bridgehead atoms. The van der Waals surface area contributed by atoms with Crippen molar-refractivity contribution in [2.45, 2.75) is 47.5 Å². The van der Waals surface area contributed by atoms with E-state index in [0.717, 1.165) is 18.8 Å². The van der Waals surface area contributed by atoms with Gasteiger partial charge in [0.15, 0.2) is 5.78 Å². The van der Waals surface area contributed by atoms with Crippen molar-refractivity contribution in [3.63, 3.8) is 0 Å². The fourth-order valence-corrected chi connectivity index (χ4v) is 2.10. The van der Waals surface area contributed by atoms with E-state index >= 15 is 0 Å². The molecule has 15 heavy (non-hydrogen) atoms. The van der Waals surface area contributed by atoms with Gasteiger partial charge in [0.2, 0.25) is 0 Å². The van der Waals surface area contributed by atoms with Crippen LogP contribution in [0.25, 0.3) is 0 Å². The normalized spacial score (nSPS) is 26.1. The average molecular weight is 206 g/mol. The van der Waals surface area contributed by atoms with E-state index in [-0.39, 0.29) is 5.78 Å². The number of carbonyl (C=O) groups excluding carboxylic acids is 1. The molecule has 1 heteroatoms. The maximum Gasteiger partial charge on any atom is 0.152 e. The summed E-state index contributed by atoms with van der Waals surface area (Å²) in [7, 11) is 0. The van der Waals surface area contributed by atoms with Crippen molar-refractivity contribution in [1.82, 2.24) is 0 Å². The monoisotopic (exact) mass is 206 g/mol. The molecule has 1 atom stereocenters. The van der Waals surface area contributed by atoms with Gasteiger partial charge in [0.05, 0.1) is 0 Å². The molecule has 84 valence electrons. The van der Waals surface area contributed by atoms with Crippen LogP contribution in [0.2, 0.25) is 0 Å². The van der Waals surface area contributed by atoms with Crippen molar-refractivity contribution in [2.24, 2.45) is 11.3 Å². The van der Waals surface area contributed by atoms with Gasteiger partial charge in [-0.1, -0.05) is 32.4 Å². The number of ketones is 1. The molecule has 0 spiro atoms. The molecule has 0 N–H and O–H groups in total. The van der Waals surface area contributed by atoms with E-state index in [2.05, 4.69) is 27.7 Å². The van der Waals surface area contributed by atoms with E-state index in [1.165, 1.54) is 11.1 Å². The maximum absolute atomic E-state index is 10.9. The molecule has 1 unspecified atom stereocenters. The van der Waals surface area contributed by atoms with Crippen LogP contribution in [0.1, 0.15) is 47.5 Å². The highest BCUT2D eigenvalue weighted by Crippen LogP contribution is 2.43. The smallest absolute Gasteiger partial charge is 0.152 e. The van der Waals surface area contributed by atoms with E-state index in [4.69, 9.17) is 0 Å². The third-order valence-electron chi connectivity index (χ3n) is 3.66. The number of rotatable bonds is 2. The second kappa shape index (κ2) is 4.34. The predicted octanol–water partition coefficient (Wildman–Crippen LogP) is 3.90. The summed E-state index contributed by atoms with van der Waals surface area (Å²) in [6, 6.07) is 0. The van der Waals surface area contributed by atoms with E-state index in [1.54, 1.807) is 13.0 Å². The van der Waals surface area contributed by atoms with Crippen LogP contribution < -0.4 is 0 Å². The van der Waals surface area contributed by atoms with Crippen molar-refractivity contribution < 1.29 is 4.79 Å². The number of carbonyl (C=O) groups is 1. The third kappa shape index (κ3) is 3.05. The minimum atomic E-state index is 0.131. The second-order valence-electron chi connectivity index (χ2n) is 5.52. The Morgan fingerprint density at radius 3 is 2.60 bits per heavy atom. The Labute approximate surface area is 93.3 Å². The van der Waals surface area contributed by atoms with Crippen molar-refractivity contribution in [3.05, 3.63) is 23.3 Å². The van der Waals surface area contributed by atoms with Crippen LogP contribution in [0.4, 0.5) is 0 Å². The zero-order chi connectivity index (χ0) is 11.6. The molecule has 0 fully saturated rings. The van der Waals surface area contributed by atoms with Crippen LogP contribution in [0.5, 0.6) is 0 Å². The molecule has 0 aliphatic heterocycles. The van der Waals surface area contributed by atoms with E-state index in [1.807, 2.05) is 6.08 Å². The van der Waals surface area contributed by atoms with Gasteiger partial charge in [0, 0.05) is 0 Å². The minimum absolute atomic E-state index is 0.131. The number of hydrogen-bond acceptors (Lipinski definition) is 1. The summed E-state index contributed by atoms with van der Waals surface area (Å²) in [6.45, 7) is 10.7. The highest BCUT2D eigenvalue weighted by atomic mass is 16.1. The van der Waals surface area contributed by atoms with Crippen LogP contribution in [-0.4, -0.2) is 5.78 Å². The van der Waals surface area contributed by atoms with Crippen molar-refractivity contribution in [3.8, 4) is 0 Å². The summed E-state index contributed by atoms with van der Waals surface area (Å²) in [5.74, 6) is 0.860. The molecule has 0 heterocycles. The molecule has 0 saturated carbocycles. The number of allylic oxidation sites excluding steroid dienone is 4. The molecule has 1 nitrogen and oxygen atoms in total. The van der Waals surface area contributed by atoms with Crippen LogP contribution in [0.15, 0.2) is 23.3 Å². The first-order chi connectivity index (χ1) is 6.83. The zero-order valence-electron chi connectivity index (χ0n) is 10.6. The molecule has 0 aromatic carbocycles. The lowest BCUT2D eigenvalue weighted by atomic mass is 9.68. The lowest BCUT2D eigenvalue weighted by molar-refractivity contribution is -0.112. The van der Waals surface area contributed by atoms with Gasteiger partial charge in [0.1, 0.15) is 0 Å². The Morgan fingerprint density at radius 1 is 1.47 bits per heavy atom. The average Bonchev–Trinajstić information content (AvgIpc) is 2.09. The van der Waals surface area contributed by atoms with Gasteiger partial charge in [-0.3, -0.25) is 4.79 Å². The Bertz CT molecular complexity index is 318. The minimum Gasteiger partial charge on any atom is -0.295 e. The van der Waals surface area contributed by atoms with Gasteiger partial charge in [-0.25, -0.2) is 0 Å². The van der Waals surface area contributed by atoms with Crippen molar-refractivity contribution >= 4 is 5.78 Å². The first-order valence-corrected chi connectivity index (χ1v) is 5.70. The van der Waals surface area contributed by atoms with Gasteiger partial charge in [0.25, 0.3) is 0 Å². The van der Waals surface area contributed by atoms with E-state index < -0.39 is 0 Å². The summed E-state index contributed by atoms with van der Waals surface area (Å²) < 4.78 is 0. The lowest BCUT2D eigenvalue weighted by Gasteiger charge is -2.37. The van der Waals surface area contributed by atoms with E-state index in [9.17, 15) is 4.79 Å². The molecule has 1 aliphatic rings. The van der Waals surface area contributed by atoms with Gasteiger partial charge in [-0.15, -0.1) is 0 Å². The summed E-state index contributed by atoms with van der Waals surface area (Å²) in [4.78, 5) is 10.9. The SMILES string of the molecule is CC(=O)C=CC1=C(C)CC(C)C(C)(C)C1. The van der Waals surface area contributed by atoms with Crippen LogP contribution in [0.3, 0.4) is 0 Å². The van der Waals surface area contributed by atoms with Crippen LogP contribution in [0, 0.1) is 11.3 Å². The second-order valence-corrected chi connectivity index (χ2v) is 5.52. The van der Waals surface area contributed by atoms with Crippen LogP contribution in [-0.2, 0) is 4.79 Å². The summed E-state index contributed by atoms with van der Waals surface area (Å²) >= 11 is 0. The Hall–Kier alpha value is -0.850. The fraction of sp³-hybridized carbons (Fsp3) is 0.643. The molecule has 1 aliphatic carbocycles. The first kappa shape index (κ1) is 12.2. The third-order valence-corrected chi connectivity index (χ3v) is 3.66. The standard InChI is InChI=1S/C14H22O/c1-10-8-11(2)14(4,5)9-13(10)7-6-12(3)15/h6-7,11H,8-9H2,1-5H3. The van der Waals surface area contributed by atoms with Gasteiger partial charge in [-0.05, 0) is 49.7 Å². The van der Waals surface area contributed by atoms with Crippen molar-refractivity contribution in [1.29, 1.82) is 0 Å². The molecule has 0 radical (unpaired) electrons. The quantitative estimate of drug-likeness (QED) is 0.626. The summed E-state index contributed by atoms with van der Waals surface area (Å²) in [5.41, 5.74) is 3.16. The largest absolute Gasteiger partial charge is 0.295 e. The molecule has 0 aromatic rings. The molecular weight excluding hydrogens is 184 g/mol. The van der Waals surface area contributed by atoms with Crippen LogP contribution >= 0.6 is 0 Å². The Morgan fingerprint density at radius 2 is 2.07 bits per heavy atom. The van der Waals surface area contributed by atoms with Crippen molar-refractivity contribution in [2.75, 3.05) is 0 Å². The van der Waals surface area contributed by atoms with Gasteiger partial charge >= 0.3 is 0 Å². The number of hydrogen-bond donors (Lipinski definition) is 0. The predicted molar refractivity (Wildman–Crippen MR) is 64.7 cm³/mol. The van der Waals surface area contributed by atoms with Gasteiger partial charge in [-0.2, -0.15) is 0 Å².